The van der Waals surface area contributed by atoms with Gasteiger partial charge >= 0.3 is 0 Å². The Balaban J connectivity index is 1.90. The Morgan fingerprint density at radius 1 is 1.21 bits per heavy atom. The minimum absolute atomic E-state index is 0.213. The molecule has 2 rings (SSSR count). The molecule has 0 bridgehead atoms. The third kappa shape index (κ3) is 6.83. The number of nitrogens with zero attached hydrogens (tertiary/aromatic N) is 1. The standard InChI is InChI=1S/C21H27FN2O4S/c1-14-10-15(6-9-19(14)24-29(26)27-5)12-23-20(25)13-28-16-7-8-17(18(22)11-16)21(2,3)4/h6-11,29H,12-13H2,1-5H3,(H,23,25). The van der Waals surface area contributed by atoms with Crippen LogP contribution in [-0.2, 0) is 31.8 Å². The van der Waals surface area contributed by atoms with Crippen molar-refractivity contribution >= 4 is 22.5 Å². The molecule has 0 saturated heterocycles. The van der Waals surface area contributed by atoms with Gasteiger partial charge in [0.1, 0.15) is 11.6 Å². The van der Waals surface area contributed by atoms with E-state index >= 15 is 0 Å². The summed E-state index contributed by atoms with van der Waals surface area (Å²) in [5, 5.41) is 2.75. The summed E-state index contributed by atoms with van der Waals surface area (Å²) >= 11 is 0. The number of aryl methyl sites for hydroxylation is 1. The van der Waals surface area contributed by atoms with Crippen LogP contribution in [0.4, 0.5) is 10.1 Å². The van der Waals surface area contributed by atoms with Crippen molar-refractivity contribution in [2.45, 2.75) is 39.7 Å². The Kier molecular flexibility index (Phi) is 7.75. The van der Waals surface area contributed by atoms with Gasteiger partial charge in [0, 0.05) is 12.6 Å². The van der Waals surface area contributed by atoms with Gasteiger partial charge in [-0.05, 0) is 41.2 Å². The maximum absolute atomic E-state index is 14.2. The van der Waals surface area contributed by atoms with Gasteiger partial charge in [0.2, 0.25) is 0 Å². The van der Waals surface area contributed by atoms with Crippen molar-refractivity contribution in [2.75, 3.05) is 13.7 Å². The van der Waals surface area contributed by atoms with Crippen molar-refractivity contribution < 1.29 is 22.3 Å². The van der Waals surface area contributed by atoms with Crippen molar-refractivity contribution in [3.63, 3.8) is 0 Å². The summed E-state index contributed by atoms with van der Waals surface area (Å²) in [6, 6.07) is 9.98. The minimum atomic E-state index is -2.07. The lowest BCUT2D eigenvalue weighted by Gasteiger charge is -2.20. The summed E-state index contributed by atoms with van der Waals surface area (Å²) in [6.07, 6.45) is 0. The van der Waals surface area contributed by atoms with Gasteiger partial charge < -0.3 is 10.1 Å². The van der Waals surface area contributed by atoms with E-state index in [1.807, 2.05) is 33.8 Å². The molecule has 2 aromatic carbocycles. The van der Waals surface area contributed by atoms with Gasteiger partial charge in [-0.1, -0.05) is 39.0 Å². The molecule has 1 atom stereocenters. The van der Waals surface area contributed by atoms with Crippen LogP contribution < -0.4 is 10.1 Å². The fraction of sp³-hybridized carbons (Fsp3) is 0.381. The van der Waals surface area contributed by atoms with Gasteiger partial charge in [0.25, 0.3) is 5.91 Å². The van der Waals surface area contributed by atoms with Gasteiger partial charge in [-0.25, -0.2) is 8.60 Å². The smallest absolute Gasteiger partial charge is 0.258 e. The van der Waals surface area contributed by atoms with Gasteiger partial charge in [0.15, 0.2) is 17.5 Å². The van der Waals surface area contributed by atoms with Crippen LogP contribution >= 0.6 is 0 Å². The zero-order valence-electron chi connectivity index (χ0n) is 17.3. The monoisotopic (exact) mass is 422 g/mol. The highest BCUT2D eigenvalue weighted by atomic mass is 32.2. The van der Waals surface area contributed by atoms with Crippen LogP contribution in [0.25, 0.3) is 0 Å². The number of ether oxygens (including phenoxy) is 1. The van der Waals surface area contributed by atoms with Crippen LogP contribution in [0.1, 0.15) is 37.5 Å². The first-order valence-corrected chi connectivity index (χ1v) is 10.2. The molecule has 0 heterocycles. The normalized spacial score (nSPS) is 12.6. The molecule has 29 heavy (non-hydrogen) atoms. The second-order valence-electron chi connectivity index (χ2n) is 7.60. The predicted octanol–water partition coefficient (Wildman–Crippen LogP) is 3.98. The second kappa shape index (κ2) is 9.84. The lowest BCUT2D eigenvalue weighted by Crippen LogP contribution is -2.28. The quantitative estimate of drug-likeness (QED) is 0.662. The van der Waals surface area contributed by atoms with E-state index in [2.05, 4.69) is 13.9 Å². The lowest BCUT2D eigenvalue weighted by atomic mass is 9.87. The molecule has 1 amide bonds. The van der Waals surface area contributed by atoms with Crippen LogP contribution in [0, 0.1) is 12.7 Å². The molecule has 8 heteroatoms. The number of nitrogens with one attached hydrogen (secondary N) is 1. The van der Waals surface area contributed by atoms with E-state index in [0.717, 1.165) is 11.1 Å². The van der Waals surface area contributed by atoms with Crippen LogP contribution in [0.5, 0.6) is 5.75 Å². The second-order valence-corrected chi connectivity index (χ2v) is 8.64. The van der Waals surface area contributed by atoms with Crippen LogP contribution in [0.2, 0.25) is 0 Å². The van der Waals surface area contributed by atoms with E-state index in [-0.39, 0.29) is 23.7 Å². The van der Waals surface area contributed by atoms with Gasteiger partial charge in [-0.3, -0.25) is 8.98 Å². The summed E-state index contributed by atoms with van der Waals surface area (Å²) in [5.41, 5.74) is 2.55. The van der Waals surface area contributed by atoms with E-state index in [9.17, 15) is 13.4 Å². The number of benzene rings is 2. The van der Waals surface area contributed by atoms with Crippen LogP contribution in [-0.4, -0.2) is 23.8 Å². The number of carbonyl (C=O) groups is 1. The Morgan fingerprint density at radius 2 is 1.93 bits per heavy atom. The maximum Gasteiger partial charge on any atom is 0.258 e. The molecule has 0 aromatic heterocycles. The highest BCUT2D eigenvalue weighted by Crippen LogP contribution is 2.27. The number of hydrogen-bond donors (Lipinski definition) is 2. The minimum Gasteiger partial charge on any atom is -0.484 e. The Morgan fingerprint density at radius 3 is 2.52 bits per heavy atom. The van der Waals surface area contributed by atoms with Crippen LogP contribution in [0.15, 0.2) is 40.8 Å². The maximum atomic E-state index is 14.2. The topological polar surface area (TPSA) is 77.0 Å². The first-order chi connectivity index (χ1) is 13.6. The molecular formula is C21H27FN2O4S. The molecule has 0 aliphatic carbocycles. The Hall–Kier alpha value is -2.45. The molecule has 0 saturated carbocycles. The fourth-order valence-corrected chi connectivity index (χ4v) is 3.14. The zero-order valence-corrected chi connectivity index (χ0v) is 18.2. The number of rotatable bonds is 7. The number of halogens is 1. The largest absolute Gasteiger partial charge is 0.484 e. The number of carbonyl (C=O) groups excluding carboxylic acids is 1. The van der Waals surface area contributed by atoms with Crippen molar-refractivity contribution in [3.8, 4) is 5.75 Å². The molecule has 0 spiro atoms. The Bertz CT molecular complexity index is 964. The van der Waals surface area contributed by atoms with Crippen LogP contribution in [0.3, 0.4) is 0 Å². The zero-order chi connectivity index (χ0) is 21.6. The average Bonchev–Trinajstić information content (AvgIpc) is 2.65. The van der Waals surface area contributed by atoms with E-state index in [1.54, 1.807) is 24.3 Å². The summed E-state index contributed by atoms with van der Waals surface area (Å²) in [5.74, 6) is -0.370. The van der Waals surface area contributed by atoms with E-state index in [1.165, 1.54) is 13.2 Å². The van der Waals surface area contributed by atoms with Crippen molar-refractivity contribution in [2.24, 2.45) is 4.36 Å². The van der Waals surface area contributed by atoms with E-state index < -0.39 is 10.9 Å². The third-order valence-corrected chi connectivity index (χ3v) is 4.91. The summed E-state index contributed by atoms with van der Waals surface area (Å²) in [6.45, 7) is 7.71. The van der Waals surface area contributed by atoms with E-state index in [0.29, 0.717) is 23.5 Å². The van der Waals surface area contributed by atoms with Gasteiger partial charge in [0.05, 0.1) is 12.8 Å². The van der Waals surface area contributed by atoms with Crippen molar-refractivity contribution in [3.05, 3.63) is 58.9 Å². The SMILES string of the molecule is CO[SH](=O)=Nc1ccc(CNC(=O)COc2ccc(C(C)(C)C)c(F)c2)cc1C. The molecule has 0 radical (unpaired) electrons. The molecule has 1 N–H and O–H groups in total. The highest BCUT2D eigenvalue weighted by Gasteiger charge is 2.18. The van der Waals surface area contributed by atoms with Gasteiger partial charge in [-0.2, -0.15) is 4.36 Å². The third-order valence-electron chi connectivity index (χ3n) is 4.21. The predicted molar refractivity (Wildman–Crippen MR) is 112 cm³/mol. The first-order valence-electron chi connectivity index (χ1n) is 9.12. The van der Waals surface area contributed by atoms with Crippen molar-refractivity contribution in [1.82, 2.24) is 5.32 Å². The summed E-state index contributed by atoms with van der Waals surface area (Å²) in [4.78, 5) is 12.0. The summed E-state index contributed by atoms with van der Waals surface area (Å²) in [7, 11) is -0.745. The fourth-order valence-electron chi connectivity index (χ4n) is 2.66. The molecule has 0 aliphatic heterocycles. The number of amides is 1. The van der Waals surface area contributed by atoms with E-state index in [4.69, 9.17) is 4.74 Å². The Labute approximate surface area is 172 Å². The molecule has 0 fully saturated rings. The number of hydrogen-bond acceptors (Lipinski definition) is 5. The first kappa shape index (κ1) is 22.8. The number of thiol groups is 1. The molecule has 2 aromatic rings. The molecule has 0 aliphatic rings. The van der Waals surface area contributed by atoms with Crippen molar-refractivity contribution in [1.29, 1.82) is 0 Å². The molecule has 158 valence electrons. The average molecular weight is 423 g/mol. The molecular weight excluding hydrogens is 395 g/mol. The molecule has 1 unspecified atom stereocenters. The van der Waals surface area contributed by atoms with Gasteiger partial charge in [-0.15, -0.1) is 0 Å². The lowest BCUT2D eigenvalue weighted by molar-refractivity contribution is -0.123. The summed E-state index contributed by atoms with van der Waals surface area (Å²) < 4.78 is 39.6. The highest BCUT2D eigenvalue weighted by molar-refractivity contribution is 7.69. The molecule has 6 nitrogen and oxygen atoms in total.